The van der Waals surface area contributed by atoms with Gasteiger partial charge in [0.1, 0.15) is 11.3 Å². The molecule has 0 aromatic carbocycles. The lowest BCUT2D eigenvalue weighted by Crippen LogP contribution is -2.27. The molecule has 1 rings (SSSR count). The summed E-state index contributed by atoms with van der Waals surface area (Å²) >= 11 is 5.78. The topological polar surface area (TPSA) is 82.5 Å². The summed E-state index contributed by atoms with van der Waals surface area (Å²) in [6.45, 7) is 3.48. The van der Waals surface area contributed by atoms with E-state index in [9.17, 15) is 15.0 Å². The predicted octanol–water partition coefficient (Wildman–Crippen LogP) is 0.964. The zero-order chi connectivity index (χ0) is 13.7. The summed E-state index contributed by atoms with van der Waals surface area (Å²) in [5, 5.41) is 22.6. The van der Waals surface area contributed by atoms with Crippen molar-refractivity contribution in [3.63, 3.8) is 0 Å². The van der Waals surface area contributed by atoms with Gasteiger partial charge in [0.15, 0.2) is 0 Å². The number of halogens is 1. The molecule has 100 valence electrons. The number of aliphatic hydroxyl groups is 2. The van der Waals surface area contributed by atoms with E-state index in [1.165, 1.54) is 13.1 Å². The van der Waals surface area contributed by atoms with Gasteiger partial charge in [-0.3, -0.25) is 4.79 Å². The molecule has 0 aliphatic heterocycles. The Morgan fingerprint density at radius 3 is 2.78 bits per heavy atom. The molecule has 0 aliphatic rings. The van der Waals surface area contributed by atoms with Crippen molar-refractivity contribution < 1.29 is 15.0 Å². The third kappa shape index (κ3) is 4.25. The number of pyridine rings is 1. The minimum atomic E-state index is -1.04. The number of aryl methyl sites for hydroxylation is 1. The first-order valence-corrected chi connectivity index (χ1v) is 6.02. The monoisotopic (exact) mass is 272 g/mol. The van der Waals surface area contributed by atoms with Gasteiger partial charge in [-0.2, -0.15) is 0 Å². The van der Waals surface area contributed by atoms with Gasteiger partial charge in [0.2, 0.25) is 5.91 Å². The highest BCUT2D eigenvalue weighted by Gasteiger charge is 2.19. The molecule has 2 unspecified atom stereocenters. The van der Waals surface area contributed by atoms with Crippen LogP contribution in [0.1, 0.15) is 30.6 Å². The molecule has 3 N–H and O–H groups in total. The molecule has 6 heteroatoms. The number of hydrogen-bond acceptors (Lipinski definition) is 4. The molecule has 1 aromatic heterocycles. The third-order valence-corrected chi connectivity index (χ3v) is 2.95. The highest BCUT2D eigenvalue weighted by Crippen LogP contribution is 2.21. The number of carbonyl (C=O) groups is 1. The fraction of sp³-hybridized carbons (Fsp3) is 0.500. The number of aromatic nitrogens is 1. The van der Waals surface area contributed by atoms with Crippen LogP contribution in [0.25, 0.3) is 0 Å². The zero-order valence-electron chi connectivity index (χ0n) is 10.4. The number of carbonyl (C=O) groups excluding carboxylic acids is 1. The normalized spacial score (nSPS) is 14.1. The van der Waals surface area contributed by atoms with Crippen molar-refractivity contribution in [2.24, 2.45) is 0 Å². The minimum Gasteiger partial charge on any atom is -0.390 e. The second kappa shape index (κ2) is 6.68. The van der Waals surface area contributed by atoms with Crippen LogP contribution in [-0.2, 0) is 4.79 Å². The molecule has 18 heavy (non-hydrogen) atoms. The smallest absolute Gasteiger partial charge is 0.216 e. The van der Waals surface area contributed by atoms with E-state index in [-0.39, 0.29) is 12.3 Å². The molecule has 1 amide bonds. The predicted molar refractivity (Wildman–Crippen MR) is 68.3 cm³/mol. The standard InChI is InChI=1S/C12H17ClN2O3/c1-7-5-9(6-15-12(7)13)11(18)10(17)3-4-14-8(2)16/h5-6,10-11,17-18H,3-4H2,1-2H3,(H,14,16). The summed E-state index contributed by atoms with van der Waals surface area (Å²) in [6.07, 6.45) is -0.300. The molecule has 1 aromatic rings. The number of nitrogens with one attached hydrogen (secondary N) is 1. The molecular formula is C12H17ClN2O3. The van der Waals surface area contributed by atoms with E-state index in [0.717, 1.165) is 5.56 Å². The Labute approximate surface area is 111 Å². The SMILES string of the molecule is CC(=O)NCCC(O)C(O)c1cnc(Cl)c(C)c1. The summed E-state index contributed by atoms with van der Waals surface area (Å²) in [4.78, 5) is 14.6. The van der Waals surface area contributed by atoms with Crippen molar-refractivity contribution in [1.82, 2.24) is 10.3 Å². The lowest BCUT2D eigenvalue weighted by molar-refractivity contribution is -0.119. The highest BCUT2D eigenvalue weighted by molar-refractivity contribution is 6.30. The van der Waals surface area contributed by atoms with E-state index in [1.54, 1.807) is 13.0 Å². The first kappa shape index (κ1) is 14.9. The Kier molecular flexibility index (Phi) is 5.53. The van der Waals surface area contributed by atoms with Gasteiger partial charge < -0.3 is 15.5 Å². The Balaban J connectivity index is 2.59. The quantitative estimate of drug-likeness (QED) is 0.698. The van der Waals surface area contributed by atoms with Gasteiger partial charge in [-0.05, 0) is 25.0 Å². The van der Waals surface area contributed by atoms with Gasteiger partial charge in [-0.15, -0.1) is 0 Å². The van der Waals surface area contributed by atoms with Crippen LogP contribution in [0.4, 0.5) is 0 Å². The van der Waals surface area contributed by atoms with E-state index in [0.29, 0.717) is 17.3 Å². The minimum absolute atomic E-state index is 0.166. The second-order valence-corrected chi connectivity index (χ2v) is 4.52. The summed E-state index contributed by atoms with van der Waals surface area (Å²) in [7, 11) is 0. The van der Waals surface area contributed by atoms with Crippen LogP contribution in [0, 0.1) is 6.92 Å². The second-order valence-electron chi connectivity index (χ2n) is 4.16. The largest absolute Gasteiger partial charge is 0.390 e. The van der Waals surface area contributed by atoms with Crippen LogP contribution in [0.2, 0.25) is 5.15 Å². The van der Waals surface area contributed by atoms with Gasteiger partial charge in [-0.25, -0.2) is 4.98 Å². The Morgan fingerprint density at radius 2 is 2.22 bits per heavy atom. The van der Waals surface area contributed by atoms with E-state index in [1.807, 2.05) is 0 Å². The molecule has 5 nitrogen and oxygen atoms in total. The molecule has 0 saturated carbocycles. The van der Waals surface area contributed by atoms with Gasteiger partial charge in [0, 0.05) is 25.2 Å². The lowest BCUT2D eigenvalue weighted by Gasteiger charge is -2.18. The van der Waals surface area contributed by atoms with Crippen molar-refractivity contribution in [2.45, 2.75) is 32.5 Å². The van der Waals surface area contributed by atoms with Gasteiger partial charge in [0.25, 0.3) is 0 Å². The average molecular weight is 273 g/mol. The maximum Gasteiger partial charge on any atom is 0.216 e. The number of rotatable bonds is 5. The van der Waals surface area contributed by atoms with E-state index in [4.69, 9.17) is 11.6 Å². The highest BCUT2D eigenvalue weighted by atomic mass is 35.5. The third-order valence-electron chi connectivity index (χ3n) is 2.56. The van der Waals surface area contributed by atoms with Crippen LogP contribution in [0.5, 0.6) is 0 Å². The summed E-state index contributed by atoms with van der Waals surface area (Å²) in [5.41, 5.74) is 1.24. The maximum absolute atomic E-state index is 10.7. The number of hydrogen-bond donors (Lipinski definition) is 3. The van der Waals surface area contributed by atoms with Crippen LogP contribution in [0.3, 0.4) is 0 Å². The van der Waals surface area contributed by atoms with Crippen LogP contribution < -0.4 is 5.32 Å². The molecule has 0 bridgehead atoms. The van der Waals surface area contributed by atoms with Crippen LogP contribution >= 0.6 is 11.6 Å². The van der Waals surface area contributed by atoms with Crippen molar-refractivity contribution in [3.05, 3.63) is 28.5 Å². The zero-order valence-corrected chi connectivity index (χ0v) is 11.1. The Bertz CT molecular complexity index is 426. The van der Waals surface area contributed by atoms with Gasteiger partial charge >= 0.3 is 0 Å². The van der Waals surface area contributed by atoms with E-state index < -0.39 is 12.2 Å². The number of aliphatic hydroxyl groups excluding tert-OH is 2. The Hall–Kier alpha value is -1.17. The maximum atomic E-state index is 10.7. The van der Waals surface area contributed by atoms with E-state index in [2.05, 4.69) is 10.3 Å². The van der Waals surface area contributed by atoms with Crippen molar-refractivity contribution in [1.29, 1.82) is 0 Å². The number of nitrogens with zero attached hydrogens (tertiary/aromatic N) is 1. The molecule has 1 heterocycles. The first-order chi connectivity index (χ1) is 8.41. The average Bonchev–Trinajstić information content (AvgIpc) is 2.31. The molecule has 0 fully saturated rings. The molecule has 0 saturated heterocycles. The molecule has 2 atom stereocenters. The first-order valence-electron chi connectivity index (χ1n) is 5.64. The Morgan fingerprint density at radius 1 is 1.56 bits per heavy atom. The van der Waals surface area contributed by atoms with Gasteiger partial charge in [0.05, 0.1) is 6.10 Å². The summed E-state index contributed by atoms with van der Waals surface area (Å²) in [5.74, 6) is -0.166. The molecule has 0 spiro atoms. The fourth-order valence-electron chi connectivity index (χ4n) is 1.52. The van der Waals surface area contributed by atoms with Crippen LogP contribution in [-0.4, -0.2) is 33.8 Å². The lowest BCUT2D eigenvalue weighted by atomic mass is 10.0. The summed E-state index contributed by atoms with van der Waals surface area (Å²) < 4.78 is 0. The van der Waals surface area contributed by atoms with Crippen molar-refractivity contribution in [2.75, 3.05) is 6.54 Å². The van der Waals surface area contributed by atoms with E-state index >= 15 is 0 Å². The van der Waals surface area contributed by atoms with Crippen LogP contribution in [0.15, 0.2) is 12.3 Å². The molecular weight excluding hydrogens is 256 g/mol. The van der Waals surface area contributed by atoms with Crippen molar-refractivity contribution in [3.8, 4) is 0 Å². The molecule has 0 aliphatic carbocycles. The summed E-state index contributed by atoms with van der Waals surface area (Å²) in [6, 6.07) is 1.68. The molecule has 0 radical (unpaired) electrons. The van der Waals surface area contributed by atoms with Gasteiger partial charge in [-0.1, -0.05) is 11.6 Å². The van der Waals surface area contributed by atoms with Crippen molar-refractivity contribution >= 4 is 17.5 Å². The fourth-order valence-corrected chi connectivity index (χ4v) is 1.62. The number of amides is 1.